The minimum atomic E-state index is -1.16. The minimum Gasteiger partial charge on any atom is -0.507 e. The number of primary amides is 1. The highest BCUT2D eigenvalue weighted by Gasteiger charge is 2.43. The van der Waals surface area contributed by atoms with Crippen molar-refractivity contribution in [1.29, 1.82) is 0 Å². The molecule has 0 radical (unpaired) electrons. The van der Waals surface area contributed by atoms with Crippen LogP contribution in [0.15, 0.2) is 18.2 Å². The summed E-state index contributed by atoms with van der Waals surface area (Å²) >= 11 is 0. The maximum absolute atomic E-state index is 14.0. The molecule has 36 heavy (non-hydrogen) atoms. The van der Waals surface area contributed by atoms with Crippen molar-refractivity contribution in [2.45, 2.75) is 103 Å². The van der Waals surface area contributed by atoms with E-state index in [4.69, 9.17) is 10.5 Å². The molecular formula is C26H40N4O6. The summed E-state index contributed by atoms with van der Waals surface area (Å²) in [7, 11) is 0. The predicted molar refractivity (Wildman–Crippen MR) is 135 cm³/mol. The van der Waals surface area contributed by atoms with E-state index < -0.39 is 41.5 Å². The molecule has 1 aromatic carbocycles. The Morgan fingerprint density at radius 1 is 1.17 bits per heavy atom. The third-order valence-electron chi connectivity index (χ3n) is 5.91. The Kier molecular flexibility index (Phi) is 9.72. The number of hydrogen-bond donors (Lipinski definition) is 4. The summed E-state index contributed by atoms with van der Waals surface area (Å²) in [4.78, 5) is 53.1. The van der Waals surface area contributed by atoms with E-state index in [0.717, 1.165) is 6.42 Å². The summed E-state index contributed by atoms with van der Waals surface area (Å²) in [6.07, 6.45) is 1.17. The number of hydrogen-bond acceptors (Lipinski definition) is 6. The van der Waals surface area contributed by atoms with Gasteiger partial charge >= 0.3 is 6.09 Å². The summed E-state index contributed by atoms with van der Waals surface area (Å²) in [5.41, 5.74) is 5.38. The largest absolute Gasteiger partial charge is 0.507 e. The number of nitrogens with one attached hydrogen (secondary N) is 2. The van der Waals surface area contributed by atoms with E-state index in [1.807, 2.05) is 0 Å². The van der Waals surface area contributed by atoms with E-state index in [1.54, 1.807) is 59.7 Å². The van der Waals surface area contributed by atoms with Gasteiger partial charge in [0, 0.05) is 24.1 Å². The van der Waals surface area contributed by atoms with Crippen molar-refractivity contribution in [2.75, 3.05) is 0 Å². The van der Waals surface area contributed by atoms with Crippen LogP contribution in [0.2, 0.25) is 0 Å². The first kappa shape index (κ1) is 28.9. The highest BCUT2D eigenvalue weighted by Crippen LogP contribution is 2.38. The topological polar surface area (TPSA) is 151 Å². The number of para-hydroxylation sites is 1. The molecule has 0 heterocycles. The van der Waals surface area contributed by atoms with Crippen molar-refractivity contribution >= 4 is 23.8 Å². The van der Waals surface area contributed by atoms with Crippen molar-refractivity contribution in [2.24, 2.45) is 5.73 Å². The number of amides is 4. The van der Waals surface area contributed by atoms with E-state index >= 15 is 0 Å². The lowest BCUT2D eigenvalue weighted by Gasteiger charge is -2.44. The molecule has 2 rings (SSSR count). The fourth-order valence-corrected chi connectivity index (χ4v) is 4.04. The van der Waals surface area contributed by atoms with Gasteiger partial charge in [0.1, 0.15) is 23.4 Å². The number of alkyl carbamates (subject to hydrolysis) is 1. The second-order valence-electron chi connectivity index (χ2n) is 10.6. The zero-order valence-electron chi connectivity index (χ0n) is 22.1. The quantitative estimate of drug-likeness (QED) is 0.385. The first-order valence-corrected chi connectivity index (χ1v) is 12.4. The summed E-state index contributed by atoms with van der Waals surface area (Å²) in [6, 6.07) is 2.26. The third-order valence-corrected chi connectivity index (χ3v) is 5.91. The second kappa shape index (κ2) is 12.1. The van der Waals surface area contributed by atoms with E-state index in [1.165, 1.54) is 4.90 Å². The Bertz CT molecular complexity index is 968. The number of rotatable bonds is 10. The number of ether oxygens (including phenoxy) is 1. The molecule has 1 aromatic rings. The fraction of sp³-hybridized carbons (Fsp3) is 0.615. The zero-order valence-corrected chi connectivity index (χ0v) is 22.1. The number of aryl methyl sites for hydroxylation is 1. The molecule has 0 bridgehead atoms. The number of benzene rings is 1. The standard InChI is InChI=1S/C26H40N4O6/c1-15(2)28-23(33)21(18-12-7-9-16(3)22(18)32)30(17-10-8-11-17)24(34)19(13-14-20(27)31)29-25(35)36-26(4,5)6/h7,9,12,15,17,19,21,32H,8,10-11,13-14H2,1-6H3,(H2,27,31)(H,28,33)(H,29,35). The van der Waals surface area contributed by atoms with Crippen molar-refractivity contribution in [3.05, 3.63) is 29.3 Å². The molecule has 2 atom stereocenters. The van der Waals surface area contributed by atoms with E-state index in [9.17, 15) is 24.3 Å². The maximum atomic E-state index is 14.0. The lowest BCUT2D eigenvalue weighted by Crippen LogP contribution is -2.58. The number of aromatic hydroxyl groups is 1. The van der Waals surface area contributed by atoms with Gasteiger partial charge in [-0.1, -0.05) is 18.2 Å². The van der Waals surface area contributed by atoms with Gasteiger partial charge in [0.25, 0.3) is 0 Å². The van der Waals surface area contributed by atoms with Gasteiger partial charge in [0.2, 0.25) is 17.7 Å². The normalized spacial score (nSPS) is 15.4. The van der Waals surface area contributed by atoms with Gasteiger partial charge in [-0.15, -0.1) is 0 Å². The van der Waals surface area contributed by atoms with Crippen LogP contribution in [0.4, 0.5) is 4.79 Å². The zero-order chi connectivity index (χ0) is 27.2. The van der Waals surface area contributed by atoms with E-state index in [-0.39, 0.29) is 30.7 Å². The van der Waals surface area contributed by atoms with Crippen molar-refractivity contribution in [3.8, 4) is 5.75 Å². The average molecular weight is 505 g/mol. The number of nitrogens with two attached hydrogens (primary N) is 1. The van der Waals surface area contributed by atoms with Gasteiger partial charge in [0.15, 0.2) is 0 Å². The first-order valence-electron chi connectivity index (χ1n) is 12.4. The van der Waals surface area contributed by atoms with Gasteiger partial charge in [-0.2, -0.15) is 0 Å². The number of carbonyl (C=O) groups excluding carboxylic acids is 4. The van der Waals surface area contributed by atoms with Crippen molar-refractivity contribution in [3.63, 3.8) is 0 Å². The van der Waals surface area contributed by atoms with Crippen LogP contribution in [0.3, 0.4) is 0 Å². The minimum absolute atomic E-state index is 0.0606. The van der Waals surface area contributed by atoms with E-state index in [2.05, 4.69) is 10.6 Å². The van der Waals surface area contributed by atoms with Gasteiger partial charge < -0.3 is 31.1 Å². The molecule has 1 fully saturated rings. The summed E-state index contributed by atoms with van der Waals surface area (Å²) in [5.74, 6) is -1.69. The highest BCUT2D eigenvalue weighted by molar-refractivity contribution is 5.93. The molecule has 1 aliphatic rings. The molecule has 0 aliphatic heterocycles. The predicted octanol–water partition coefficient (Wildman–Crippen LogP) is 2.81. The second-order valence-corrected chi connectivity index (χ2v) is 10.6. The third kappa shape index (κ3) is 7.86. The van der Waals surface area contributed by atoms with Crippen LogP contribution < -0.4 is 16.4 Å². The Morgan fingerprint density at radius 3 is 2.31 bits per heavy atom. The number of carbonyl (C=O) groups is 4. The molecule has 0 aromatic heterocycles. The Labute approximate surface area is 212 Å². The number of nitrogens with zero attached hydrogens (tertiary/aromatic N) is 1. The first-order chi connectivity index (χ1) is 16.7. The Balaban J connectivity index is 2.54. The van der Waals surface area contributed by atoms with Gasteiger partial charge in [-0.25, -0.2) is 4.79 Å². The van der Waals surface area contributed by atoms with Crippen LogP contribution >= 0.6 is 0 Å². The molecule has 200 valence electrons. The molecule has 5 N–H and O–H groups in total. The van der Waals surface area contributed by atoms with E-state index in [0.29, 0.717) is 24.0 Å². The molecule has 0 saturated heterocycles. The molecule has 1 aliphatic carbocycles. The average Bonchev–Trinajstić information content (AvgIpc) is 2.69. The number of phenolic OH excluding ortho intramolecular Hbond substituents is 1. The molecule has 10 heteroatoms. The molecule has 2 unspecified atom stereocenters. The summed E-state index contributed by atoms with van der Waals surface area (Å²) in [6.45, 7) is 10.4. The van der Waals surface area contributed by atoms with Crippen LogP contribution in [-0.2, 0) is 19.1 Å². The van der Waals surface area contributed by atoms with Crippen LogP contribution in [0.1, 0.15) is 83.9 Å². The lowest BCUT2D eigenvalue weighted by molar-refractivity contribution is -0.148. The van der Waals surface area contributed by atoms with Crippen LogP contribution in [-0.4, -0.2) is 57.5 Å². The lowest BCUT2D eigenvalue weighted by atomic mass is 9.87. The molecule has 0 spiro atoms. The molecule has 10 nitrogen and oxygen atoms in total. The van der Waals surface area contributed by atoms with Crippen molar-refractivity contribution in [1.82, 2.24) is 15.5 Å². The molecule has 4 amide bonds. The van der Waals surface area contributed by atoms with Crippen LogP contribution in [0, 0.1) is 6.92 Å². The Morgan fingerprint density at radius 2 is 1.81 bits per heavy atom. The number of phenols is 1. The highest BCUT2D eigenvalue weighted by atomic mass is 16.6. The molecule has 1 saturated carbocycles. The molecular weight excluding hydrogens is 464 g/mol. The monoisotopic (exact) mass is 504 g/mol. The smallest absolute Gasteiger partial charge is 0.408 e. The van der Waals surface area contributed by atoms with Crippen molar-refractivity contribution < 1.29 is 29.0 Å². The van der Waals surface area contributed by atoms with Crippen LogP contribution in [0.5, 0.6) is 5.75 Å². The Hall–Kier alpha value is -3.30. The maximum Gasteiger partial charge on any atom is 0.408 e. The van der Waals surface area contributed by atoms with Crippen LogP contribution in [0.25, 0.3) is 0 Å². The fourth-order valence-electron chi connectivity index (χ4n) is 4.04. The van der Waals surface area contributed by atoms with Gasteiger partial charge in [0.05, 0.1) is 0 Å². The summed E-state index contributed by atoms with van der Waals surface area (Å²) < 4.78 is 5.33. The van der Waals surface area contributed by atoms with Gasteiger partial charge in [-0.3, -0.25) is 14.4 Å². The van der Waals surface area contributed by atoms with Gasteiger partial charge in [-0.05, 0) is 72.8 Å². The SMILES string of the molecule is Cc1cccc(C(C(=O)NC(C)C)N(C(=O)C(CCC(N)=O)NC(=O)OC(C)(C)C)C2CCC2)c1O. The summed E-state index contributed by atoms with van der Waals surface area (Å²) in [5, 5.41) is 16.3.